The van der Waals surface area contributed by atoms with Gasteiger partial charge < -0.3 is 10.4 Å². The van der Waals surface area contributed by atoms with Crippen molar-refractivity contribution in [3.8, 4) is 0 Å². The van der Waals surface area contributed by atoms with E-state index in [1.165, 1.54) is 17.7 Å². The minimum Gasteiger partial charge on any atom is -0.480 e. The van der Waals surface area contributed by atoms with Crippen LogP contribution >= 0.6 is 11.9 Å². The van der Waals surface area contributed by atoms with Gasteiger partial charge in [-0.2, -0.15) is 0 Å². The summed E-state index contributed by atoms with van der Waals surface area (Å²) in [7, 11) is 0. The first-order valence-electron chi connectivity index (χ1n) is 9.71. The zero-order chi connectivity index (χ0) is 18.4. The molecule has 0 aromatic carbocycles. The maximum absolute atomic E-state index is 11.1. The van der Waals surface area contributed by atoms with Crippen molar-refractivity contribution >= 4 is 23.7 Å². The van der Waals surface area contributed by atoms with Crippen LogP contribution in [0.1, 0.15) is 43.9 Å². The number of carboxylic acids is 1. The van der Waals surface area contributed by atoms with Gasteiger partial charge in [0, 0.05) is 37.1 Å². The van der Waals surface area contributed by atoms with E-state index < -0.39 is 5.97 Å². The predicted molar refractivity (Wildman–Crippen MR) is 107 cm³/mol. The molecule has 3 N–H and O–H groups in total. The van der Waals surface area contributed by atoms with Crippen molar-refractivity contribution in [3.05, 3.63) is 23.4 Å². The lowest BCUT2D eigenvalue weighted by Gasteiger charge is -2.33. The van der Waals surface area contributed by atoms with E-state index in [9.17, 15) is 4.79 Å². The molecule has 1 aromatic rings. The van der Waals surface area contributed by atoms with Gasteiger partial charge in [-0.1, -0.05) is 18.0 Å². The number of carboxylic acid groups (broad SMARTS) is 1. The second kappa shape index (κ2) is 9.58. The molecule has 1 aromatic heterocycles. The van der Waals surface area contributed by atoms with Crippen LogP contribution in [0.15, 0.2) is 12.1 Å². The maximum Gasteiger partial charge on any atom is 0.320 e. The molecule has 0 spiro atoms. The predicted octanol–water partition coefficient (Wildman–Crippen LogP) is 2.55. The summed E-state index contributed by atoms with van der Waals surface area (Å²) >= 11 is 1.82. The number of nitrogens with one attached hydrogen (secondary N) is 2. The average molecular weight is 379 g/mol. The lowest BCUT2D eigenvalue weighted by molar-refractivity contribution is -0.142. The highest BCUT2D eigenvalue weighted by atomic mass is 32.2. The van der Waals surface area contributed by atoms with E-state index >= 15 is 0 Å². The van der Waals surface area contributed by atoms with E-state index in [0.717, 1.165) is 64.1 Å². The molecule has 0 bridgehead atoms. The van der Waals surface area contributed by atoms with Crippen LogP contribution < -0.4 is 10.0 Å². The van der Waals surface area contributed by atoms with Crippen LogP contribution in [0.3, 0.4) is 0 Å². The minimum atomic E-state index is -0.722. The van der Waals surface area contributed by atoms with E-state index in [-0.39, 0.29) is 6.04 Å². The first-order valence-corrected chi connectivity index (χ1v) is 10.6. The Bertz CT molecular complexity index is 605. The summed E-state index contributed by atoms with van der Waals surface area (Å²) in [5.74, 6) is 0.360. The van der Waals surface area contributed by atoms with Crippen molar-refractivity contribution in [1.82, 2.24) is 14.6 Å². The van der Waals surface area contributed by atoms with Crippen LogP contribution in [-0.4, -0.2) is 58.4 Å². The van der Waals surface area contributed by atoms with Crippen molar-refractivity contribution in [3.63, 3.8) is 0 Å². The van der Waals surface area contributed by atoms with Crippen molar-refractivity contribution in [2.45, 2.75) is 56.7 Å². The molecule has 0 radical (unpaired) electrons. The Hall–Kier alpha value is -1.31. The fourth-order valence-electron chi connectivity index (χ4n) is 3.56. The Balaban J connectivity index is 1.30. The van der Waals surface area contributed by atoms with Gasteiger partial charge in [0.05, 0.1) is 0 Å². The van der Waals surface area contributed by atoms with Gasteiger partial charge in [-0.25, -0.2) is 4.98 Å². The molecule has 144 valence electrons. The van der Waals surface area contributed by atoms with Crippen LogP contribution in [0.5, 0.6) is 0 Å². The number of fused-ring (bicyclic) bond motifs is 1. The Labute approximate surface area is 160 Å². The van der Waals surface area contributed by atoms with Gasteiger partial charge in [-0.05, 0) is 57.1 Å². The average Bonchev–Trinajstić information content (AvgIpc) is 2.67. The molecule has 0 saturated carbocycles. The number of nitrogens with zero attached hydrogens (tertiary/aromatic N) is 2. The lowest BCUT2D eigenvalue weighted by Crippen LogP contribution is -2.44. The van der Waals surface area contributed by atoms with E-state index in [1.807, 2.05) is 11.9 Å². The second-order valence-electron chi connectivity index (χ2n) is 7.21. The highest BCUT2D eigenvalue weighted by molar-refractivity contribution is 7.98. The van der Waals surface area contributed by atoms with Gasteiger partial charge >= 0.3 is 5.97 Å². The lowest BCUT2D eigenvalue weighted by atomic mass is 10.1. The van der Waals surface area contributed by atoms with Gasteiger partial charge in [0.1, 0.15) is 11.9 Å². The molecule has 6 nitrogen and oxygen atoms in total. The largest absolute Gasteiger partial charge is 0.480 e. The van der Waals surface area contributed by atoms with Crippen molar-refractivity contribution in [2.75, 3.05) is 31.5 Å². The number of piperidine rings is 1. The molecule has 3 rings (SSSR count). The number of aromatic nitrogens is 1. The fourth-order valence-corrected chi connectivity index (χ4v) is 4.51. The molecular weight excluding hydrogens is 348 g/mol. The van der Waals surface area contributed by atoms with Crippen molar-refractivity contribution < 1.29 is 9.90 Å². The van der Waals surface area contributed by atoms with Gasteiger partial charge in [0.15, 0.2) is 0 Å². The SMILES string of the molecule is CC(C(=O)O)N1CCC(SNCCCc2ccc3c(n2)NCCC3)CC1. The molecule has 1 fully saturated rings. The summed E-state index contributed by atoms with van der Waals surface area (Å²) in [5, 5.41) is 13.1. The van der Waals surface area contributed by atoms with Crippen LogP contribution in [0.25, 0.3) is 0 Å². The summed E-state index contributed by atoms with van der Waals surface area (Å²) in [5.41, 5.74) is 2.51. The second-order valence-corrected chi connectivity index (χ2v) is 8.40. The van der Waals surface area contributed by atoms with Crippen molar-refractivity contribution in [1.29, 1.82) is 0 Å². The van der Waals surface area contributed by atoms with Crippen LogP contribution in [-0.2, 0) is 17.6 Å². The number of rotatable bonds is 8. The Kier molecular flexibility index (Phi) is 7.16. The van der Waals surface area contributed by atoms with E-state index in [0.29, 0.717) is 5.25 Å². The number of pyridine rings is 1. The topological polar surface area (TPSA) is 77.5 Å². The number of aryl methyl sites for hydroxylation is 2. The molecule has 0 aliphatic carbocycles. The monoisotopic (exact) mass is 378 g/mol. The molecule has 2 aliphatic heterocycles. The Morgan fingerprint density at radius 3 is 3.04 bits per heavy atom. The summed E-state index contributed by atoms with van der Waals surface area (Å²) in [6.07, 6.45) is 6.51. The highest BCUT2D eigenvalue weighted by Crippen LogP contribution is 2.23. The number of hydrogen-bond donors (Lipinski definition) is 3. The molecule has 1 saturated heterocycles. The first-order chi connectivity index (χ1) is 12.6. The van der Waals surface area contributed by atoms with Crippen LogP contribution in [0.2, 0.25) is 0 Å². The van der Waals surface area contributed by atoms with Crippen LogP contribution in [0.4, 0.5) is 5.82 Å². The Morgan fingerprint density at radius 1 is 1.46 bits per heavy atom. The number of aliphatic carboxylic acids is 1. The number of likely N-dealkylation sites (tertiary alicyclic amines) is 1. The molecule has 26 heavy (non-hydrogen) atoms. The standard InChI is InChI=1S/C19H30N4O2S/c1-14(19(24)25)23-12-8-17(9-13-23)26-21-11-3-5-16-7-6-15-4-2-10-20-18(15)22-16/h6-7,14,17,21H,2-5,8-13H2,1H3,(H,20,22)(H,24,25). The first kappa shape index (κ1) is 19.5. The van der Waals surface area contributed by atoms with Gasteiger partial charge in [0.2, 0.25) is 0 Å². The number of hydrogen-bond acceptors (Lipinski definition) is 6. The molecule has 0 amide bonds. The molecular formula is C19H30N4O2S. The summed E-state index contributed by atoms with van der Waals surface area (Å²) < 4.78 is 3.49. The van der Waals surface area contributed by atoms with Crippen LogP contribution in [0, 0.1) is 0 Å². The zero-order valence-corrected chi connectivity index (χ0v) is 16.4. The third kappa shape index (κ3) is 5.34. The normalized spacial score (nSPS) is 19.6. The fraction of sp³-hybridized carbons (Fsp3) is 0.684. The quantitative estimate of drug-likeness (QED) is 0.474. The van der Waals surface area contributed by atoms with Crippen molar-refractivity contribution in [2.24, 2.45) is 0 Å². The number of carbonyl (C=O) groups is 1. The molecule has 1 unspecified atom stereocenters. The summed E-state index contributed by atoms with van der Waals surface area (Å²) in [6, 6.07) is 4.02. The highest BCUT2D eigenvalue weighted by Gasteiger charge is 2.26. The Morgan fingerprint density at radius 2 is 2.27 bits per heavy atom. The van der Waals surface area contributed by atoms with E-state index in [4.69, 9.17) is 10.1 Å². The third-order valence-corrected chi connectivity index (χ3v) is 6.47. The van der Waals surface area contributed by atoms with E-state index in [1.54, 1.807) is 6.92 Å². The molecule has 2 aliphatic rings. The molecule has 7 heteroatoms. The smallest absolute Gasteiger partial charge is 0.320 e. The summed E-state index contributed by atoms with van der Waals surface area (Å²) in [6.45, 7) is 5.53. The van der Waals surface area contributed by atoms with Gasteiger partial charge in [-0.15, -0.1) is 0 Å². The molecule has 3 heterocycles. The van der Waals surface area contributed by atoms with Gasteiger partial charge in [-0.3, -0.25) is 14.4 Å². The van der Waals surface area contributed by atoms with E-state index in [2.05, 4.69) is 27.1 Å². The maximum atomic E-state index is 11.1. The molecule has 1 atom stereocenters. The third-order valence-electron chi connectivity index (χ3n) is 5.30. The minimum absolute atomic E-state index is 0.368. The summed E-state index contributed by atoms with van der Waals surface area (Å²) in [4.78, 5) is 17.9. The zero-order valence-electron chi connectivity index (χ0n) is 15.5. The number of anilines is 1. The van der Waals surface area contributed by atoms with Gasteiger partial charge in [0.25, 0.3) is 0 Å².